The molecule has 4 saturated heterocycles. The van der Waals surface area contributed by atoms with Crippen molar-refractivity contribution >= 4 is 33.1 Å². The maximum atomic E-state index is 13.9. The van der Waals surface area contributed by atoms with Gasteiger partial charge in [-0.3, -0.25) is 4.79 Å². The van der Waals surface area contributed by atoms with Gasteiger partial charge < -0.3 is 15.1 Å². The maximum absolute atomic E-state index is 13.9. The van der Waals surface area contributed by atoms with E-state index in [0.29, 0.717) is 44.1 Å². The first-order valence-corrected chi connectivity index (χ1v) is 14.5. The van der Waals surface area contributed by atoms with Crippen LogP contribution in [0.25, 0.3) is 10.2 Å². The predicted octanol–water partition coefficient (Wildman–Crippen LogP) is 5.63. The molecule has 4 aliphatic heterocycles. The Morgan fingerprint density at radius 1 is 1.08 bits per heavy atom. The van der Waals surface area contributed by atoms with Gasteiger partial charge in [0.05, 0.1) is 23.7 Å². The molecular formula is C27H30F6N4OS. The molecule has 6 aliphatic rings. The lowest BCUT2D eigenvalue weighted by Crippen LogP contribution is -2.75. The lowest BCUT2D eigenvalue weighted by molar-refractivity contribution is -0.152. The third kappa shape index (κ3) is 4.69. The van der Waals surface area contributed by atoms with E-state index >= 15 is 0 Å². The van der Waals surface area contributed by atoms with Crippen LogP contribution in [0.3, 0.4) is 0 Å². The van der Waals surface area contributed by atoms with E-state index in [1.54, 1.807) is 4.90 Å². The average Bonchev–Trinajstić information content (AvgIpc) is 3.52. The fraction of sp³-hybridized carbons (Fsp3) is 0.704. The Hall–Kier alpha value is -2.08. The summed E-state index contributed by atoms with van der Waals surface area (Å²) in [5.74, 6) is 1.99. The number of piperidine rings is 2. The first-order valence-electron chi connectivity index (χ1n) is 13.7. The van der Waals surface area contributed by atoms with E-state index in [4.69, 9.17) is 0 Å². The number of likely N-dealkylation sites (tertiary alicyclic amines) is 1. The van der Waals surface area contributed by atoms with Crippen molar-refractivity contribution in [2.24, 2.45) is 23.2 Å². The number of carbonyl (C=O) groups is 1. The molecule has 1 spiro atoms. The molecule has 4 atom stereocenters. The monoisotopic (exact) mass is 572 g/mol. The molecule has 2 aromatic heterocycles. The van der Waals surface area contributed by atoms with Crippen molar-refractivity contribution in [3.8, 4) is 0 Å². The van der Waals surface area contributed by atoms with Crippen LogP contribution in [-0.2, 0) is 17.4 Å². The van der Waals surface area contributed by atoms with Gasteiger partial charge in [-0.1, -0.05) is 12.8 Å². The van der Waals surface area contributed by atoms with Gasteiger partial charge in [-0.15, -0.1) is 11.3 Å². The third-order valence-electron chi connectivity index (χ3n) is 9.48. The number of fused-ring (bicyclic) bond motifs is 4. The Morgan fingerprint density at radius 2 is 1.82 bits per heavy atom. The summed E-state index contributed by atoms with van der Waals surface area (Å²) in [5, 5.41) is 3.74. The van der Waals surface area contributed by atoms with E-state index in [1.165, 1.54) is 25.3 Å². The number of amides is 1. The SMILES string of the molecule is O=C([C@H]1N[C@H]2CC[C@H]1C[C@@H]2CC1CC1)N1CC2(C1)CN(c1c(C(F)(F)F)cnc3sc(CC(F)(F)F)cc13)C2. The molecular weight excluding hydrogens is 542 g/mol. The number of anilines is 1. The van der Waals surface area contributed by atoms with Gasteiger partial charge in [0.1, 0.15) is 4.83 Å². The number of aromatic nitrogens is 1. The van der Waals surface area contributed by atoms with Crippen molar-refractivity contribution < 1.29 is 31.1 Å². The number of carbonyl (C=O) groups excluding carboxylic acids is 1. The highest BCUT2D eigenvalue weighted by molar-refractivity contribution is 7.18. The van der Waals surface area contributed by atoms with Crippen molar-refractivity contribution in [2.45, 2.75) is 69.4 Å². The minimum Gasteiger partial charge on any atom is -0.369 e. The molecule has 8 rings (SSSR count). The van der Waals surface area contributed by atoms with Gasteiger partial charge in [-0.2, -0.15) is 26.3 Å². The van der Waals surface area contributed by atoms with E-state index in [1.807, 2.05) is 4.90 Å². The van der Waals surface area contributed by atoms with Gasteiger partial charge in [-0.25, -0.2) is 4.98 Å². The molecule has 0 radical (unpaired) electrons. The fourth-order valence-corrected chi connectivity index (χ4v) is 8.63. The predicted molar refractivity (Wildman–Crippen MR) is 134 cm³/mol. The molecule has 1 amide bonds. The van der Waals surface area contributed by atoms with Gasteiger partial charge in [0, 0.05) is 54.1 Å². The van der Waals surface area contributed by atoms with Crippen molar-refractivity contribution in [2.75, 3.05) is 31.1 Å². The fourth-order valence-electron chi connectivity index (χ4n) is 7.60. The van der Waals surface area contributed by atoms with Crippen LogP contribution in [0, 0.1) is 23.2 Å². The molecule has 0 aromatic carbocycles. The first kappa shape index (κ1) is 25.9. The Morgan fingerprint density at radius 3 is 2.44 bits per heavy atom. The standard InChI is InChI=1S/C27H30F6N4OS/c28-26(29,30)8-17-7-18-22(19(27(31,32)33)9-34-23(18)39-17)36-10-25(11-36)12-37(13-25)24(38)21-15-3-4-20(35-21)16(6-15)5-14-1-2-14/h7,9,14-16,20-21,35H,1-6,8,10-13H2/t15-,16-,20-,21-/m0/s1. The molecule has 2 bridgehead atoms. The van der Waals surface area contributed by atoms with Crippen LogP contribution in [-0.4, -0.2) is 60.2 Å². The zero-order valence-electron chi connectivity index (χ0n) is 21.2. The van der Waals surface area contributed by atoms with Crippen LogP contribution in [0.4, 0.5) is 32.0 Å². The Bertz CT molecular complexity index is 1290. The normalized spacial score (nSPS) is 30.1. The summed E-state index contributed by atoms with van der Waals surface area (Å²) in [6.45, 7) is 1.66. The Balaban J connectivity index is 1.03. The smallest absolute Gasteiger partial charge is 0.369 e. The maximum Gasteiger partial charge on any atom is 0.419 e. The second-order valence-corrected chi connectivity index (χ2v) is 13.7. The number of halogens is 6. The van der Waals surface area contributed by atoms with Crippen molar-refractivity contribution in [1.82, 2.24) is 15.2 Å². The van der Waals surface area contributed by atoms with Crippen LogP contribution in [0.5, 0.6) is 0 Å². The molecule has 1 N–H and O–H groups in total. The van der Waals surface area contributed by atoms with Crippen molar-refractivity contribution in [1.29, 1.82) is 0 Å². The van der Waals surface area contributed by atoms with Crippen molar-refractivity contribution in [3.63, 3.8) is 0 Å². The van der Waals surface area contributed by atoms with Crippen LogP contribution >= 0.6 is 11.3 Å². The van der Waals surface area contributed by atoms with E-state index in [0.717, 1.165) is 42.7 Å². The minimum absolute atomic E-state index is 0.0603. The van der Waals surface area contributed by atoms with Crippen LogP contribution in [0.2, 0.25) is 0 Å². The number of hydrogen-bond donors (Lipinski definition) is 1. The van der Waals surface area contributed by atoms with E-state index < -0.39 is 24.3 Å². The number of nitrogens with one attached hydrogen (secondary N) is 1. The van der Waals surface area contributed by atoms with Gasteiger partial charge in [0.15, 0.2) is 0 Å². The summed E-state index contributed by atoms with van der Waals surface area (Å²) in [7, 11) is 0. The van der Waals surface area contributed by atoms with E-state index in [9.17, 15) is 31.1 Å². The highest BCUT2D eigenvalue weighted by Gasteiger charge is 2.57. The Kier molecular flexibility index (Phi) is 5.77. The second-order valence-electron chi connectivity index (χ2n) is 12.6. The summed E-state index contributed by atoms with van der Waals surface area (Å²) in [4.78, 5) is 20.8. The van der Waals surface area contributed by atoms with Crippen LogP contribution in [0.1, 0.15) is 49.0 Å². The molecule has 6 fully saturated rings. The molecule has 212 valence electrons. The third-order valence-corrected chi connectivity index (χ3v) is 10.5. The van der Waals surface area contributed by atoms with Gasteiger partial charge in [0.2, 0.25) is 5.91 Å². The van der Waals surface area contributed by atoms with Gasteiger partial charge in [0.25, 0.3) is 0 Å². The number of rotatable bonds is 5. The highest BCUT2D eigenvalue weighted by Crippen LogP contribution is 2.50. The molecule has 6 heterocycles. The molecule has 0 unspecified atom stereocenters. The molecule has 12 heteroatoms. The zero-order valence-corrected chi connectivity index (χ0v) is 22.1. The topological polar surface area (TPSA) is 48.5 Å². The summed E-state index contributed by atoms with van der Waals surface area (Å²) in [6.07, 6.45) is -2.38. The summed E-state index contributed by atoms with van der Waals surface area (Å²) in [6, 6.07) is 1.44. The van der Waals surface area contributed by atoms with Gasteiger partial charge >= 0.3 is 12.4 Å². The van der Waals surface area contributed by atoms with Crippen LogP contribution in [0.15, 0.2) is 12.3 Å². The molecule has 5 nitrogen and oxygen atoms in total. The summed E-state index contributed by atoms with van der Waals surface area (Å²) < 4.78 is 80.6. The lowest BCUT2D eigenvalue weighted by atomic mass is 9.67. The first-order chi connectivity index (χ1) is 18.4. The number of hydrogen-bond acceptors (Lipinski definition) is 5. The van der Waals surface area contributed by atoms with E-state index in [2.05, 4.69) is 10.3 Å². The number of pyridine rings is 1. The molecule has 2 saturated carbocycles. The second kappa shape index (κ2) is 8.71. The zero-order chi connectivity index (χ0) is 27.3. The highest BCUT2D eigenvalue weighted by atomic mass is 32.1. The molecule has 2 aliphatic carbocycles. The van der Waals surface area contributed by atoms with Gasteiger partial charge in [-0.05, 0) is 49.5 Å². The number of nitrogens with zero attached hydrogens (tertiary/aromatic N) is 3. The molecule has 2 aromatic rings. The van der Waals surface area contributed by atoms with Crippen LogP contribution < -0.4 is 10.2 Å². The quantitative estimate of drug-likeness (QED) is 0.473. The largest absolute Gasteiger partial charge is 0.419 e. The minimum atomic E-state index is -4.68. The Labute approximate surface area is 225 Å². The van der Waals surface area contributed by atoms with Crippen molar-refractivity contribution in [3.05, 3.63) is 22.7 Å². The average molecular weight is 573 g/mol. The lowest BCUT2D eigenvalue weighted by Gasteiger charge is -2.62. The number of thiophene rings is 1. The molecule has 39 heavy (non-hydrogen) atoms. The summed E-state index contributed by atoms with van der Waals surface area (Å²) >= 11 is 0.777. The summed E-state index contributed by atoms with van der Waals surface area (Å²) in [5.41, 5.74) is -1.31. The number of alkyl halides is 6. The van der Waals surface area contributed by atoms with E-state index in [-0.39, 0.29) is 38.1 Å².